The van der Waals surface area contributed by atoms with Gasteiger partial charge in [-0.25, -0.2) is 14.6 Å². The number of nitrogens with one attached hydrogen (secondary N) is 1. The van der Waals surface area contributed by atoms with Gasteiger partial charge in [0.25, 0.3) is 0 Å². The van der Waals surface area contributed by atoms with Crippen molar-refractivity contribution in [2.75, 3.05) is 12.4 Å². The maximum atomic E-state index is 12.0. The number of carboxylic acid groups (broad SMARTS) is 1. The van der Waals surface area contributed by atoms with E-state index < -0.39 is 17.5 Å². The number of carbonyl (C=O) groups is 2. The quantitative estimate of drug-likeness (QED) is 0.836. The molecule has 6 nitrogen and oxygen atoms in total. The molecule has 2 rings (SSSR count). The lowest BCUT2D eigenvalue weighted by molar-refractivity contribution is 0.00693. The van der Waals surface area contributed by atoms with E-state index in [1.54, 1.807) is 43.6 Å². The van der Waals surface area contributed by atoms with Gasteiger partial charge in [-0.15, -0.1) is 0 Å². The first kappa shape index (κ1) is 17.5. The number of rotatable bonds is 4. The van der Waals surface area contributed by atoms with Crippen LogP contribution < -0.4 is 5.32 Å². The first-order valence-corrected chi connectivity index (χ1v) is 7.46. The van der Waals surface area contributed by atoms with Crippen LogP contribution in [0, 0.1) is 0 Å². The van der Waals surface area contributed by atoms with Crippen LogP contribution in [0.2, 0.25) is 0 Å². The van der Waals surface area contributed by atoms with Crippen molar-refractivity contribution in [1.29, 1.82) is 0 Å². The summed E-state index contributed by atoms with van der Waals surface area (Å²) in [5.41, 5.74) is 1.39. The first-order chi connectivity index (χ1) is 11.2. The second kappa shape index (κ2) is 6.70. The van der Waals surface area contributed by atoms with E-state index in [2.05, 4.69) is 10.3 Å². The van der Waals surface area contributed by atoms with Crippen molar-refractivity contribution < 1.29 is 19.4 Å². The summed E-state index contributed by atoms with van der Waals surface area (Å²) in [6.07, 6.45) is 1.58. The minimum atomic E-state index is -1.06. The zero-order chi connectivity index (χ0) is 17.9. The van der Waals surface area contributed by atoms with E-state index in [0.717, 1.165) is 5.56 Å². The predicted molar refractivity (Wildman–Crippen MR) is 91.3 cm³/mol. The van der Waals surface area contributed by atoms with Gasteiger partial charge >= 0.3 is 11.9 Å². The number of carboxylic acids is 1. The number of anilines is 1. The first-order valence-electron chi connectivity index (χ1n) is 7.46. The number of hydrogen-bond donors (Lipinski definition) is 2. The Labute approximate surface area is 140 Å². The molecule has 24 heavy (non-hydrogen) atoms. The van der Waals surface area contributed by atoms with E-state index in [0.29, 0.717) is 16.9 Å². The highest BCUT2D eigenvalue weighted by Crippen LogP contribution is 2.24. The monoisotopic (exact) mass is 328 g/mol. The van der Waals surface area contributed by atoms with E-state index in [9.17, 15) is 14.7 Å². The number of hydrogen-bond acceptors (Lipinski definition) is 5. The molecule has 0 aliphatic heterocycles. The maximum Gasteiger partial charge on any atom is 0.339 e. The Bertz CT molecular complexity index is 762. The molecule has 1 aromatic heterocycles. The summed E-state index contributed by atoms with van der Waals surface area (Å²) in [4.78, 5) is 27.4. The van der Waals surface area contributed by atoms with Crippen LogP contribution in [0.25, 0.3) is 11.1 Å². The third-order valence-corrected chi connectivity index (χ3v) is 3.21. The second-order valence-corrected chi connectivity index (χ2v) is 6.25. The second-order valence-electron chi connectivity index (χ2n) is 6.25. The molecule has 1 aromatic carbocycles. The minimum absolute atomic E-state index is 0.0891. The van der Waals surface area contributed by atoms with Crippen LogP contribution in [-0.4, -0.2) is 34.7 Å². The molecule has 0 aliphatic rings. The van der Waals surface area contributed by atoms with Crippen molar-refractivity contribution in [3.63, 3.8) is 0 Å². The zero-order valence-electron chi connectivity index (χ0n) is 14.1. The molecule has 2 aromatic rings. The van der Waals surface area contributed by atoms with Crippen molar-refractivity contribution >= 4 is 17.8 Å². The van der Waals surface area contributed by atoms with E-state index in [-0.39, 0.29) is 5.56 Å². The van der Waals surface area contributed by atoms with Crippen molar-refractivity contribution in [1.82, 2.24) is 4.98 Å². The zero-order valence-corrected chi connectivity index (χ0v) is 14.1. The van der Waals surface area contributed by atoms with Crippen LogP contribution >= 0.6 is 0 Å². The predicted octanol–water partition coefficient (Wildman–Crippen LogP) is 3.44. The van der Waals surface area contributed by atoms with Gasteiger partial charge in [0.15, 0.2) is 0 Å². The topological polar surface area (TPSA) is 88.5 Å². The van der Waals surface area contributed by atoms with Crippen molar-refractivity contribution in [2.24, 2.45) is 0 Å². The maximum absolute atomic E-state index is 12.0. The van der Waals surface area contributed by atoms with Crippen molar-refractivity contribution in [3.05, 3.63) is 47.7 Å². The van der Waals surface area contributed by atoms with Crippen LogP contribution in [0.1, 0.15) is 41.5 Å². The van der Waals surface area contributed by atoms with Gasteiger partial charge in [0, 0.05) is 18.8 Å². The summed E-state index contributed by atoms with van der Waals surface area (Å²) in [6.45, 7) is 5.42. The molecule has 1 heterocycles. The third-order valence-electron chi connectivity index (χ3n) is 3.21. The van der Waals surface area contributed by atoms with Gasteiger partial charge < -0.3 is 15.2 Å². The molecule has 0 radical (unpaired) electrons. The Morgan fingerprint density at radius 1 is 1.12 bits per heavy atom. The molecule has 0 atom stereocenters. The van der Waals surface area contributed by atoms with Gasteiger partial charge in [0.05, 0.1) is 5.56 Å². The Balaban J connectivity index is 2.30. The summed E-state index contributed by atoms with van der Waals surface area (Å²) >= 11 is 0. The van der Waals surface area contributed by atoms with E-state index in [1.165, 1.54) is 0 Å². The number of nitrogens with zero attached hydrogens (tertiary/aromatic N) is 1. The Morgan fingerprint density at radius 2 is 1.75 bits per heavy atom. The number of carbonyl (C=O) groups excluding carboxylic acids is 1. The molecule has 6 heteroatoms. The number of aromatic carboxylic acids is 1. The Hall–Kier alpha value is -2.89. The van der Waals surface area contributed by atoms with Gasteiger partial charge in [-0.2, -0.15) is 0 Å². The van der Waals surface area contributed by atoms with Gasteiger partial charge in [-0.1, -0.05) is 12.1 Å². The fourth-order valence-corrected chi connectivity index (χ4v) is 2.12. The molecular formula is C18H20N2O4. The standard InChI is InChI=1S/C18H20N2O4/c1-18(2,3)24-17(23)12-7-5-11(6-8-12)13-9-14(16(21)22)15(19-4)20-10-13/h5-10H,1-4H3,(H,19,20)(H,21,22). The van der Waals surface area contributed by atoms with Gasteiger partial charge in [0.2, 0.25) is 0 Å². The van der Waals surface area contributed by atoms with Crippen LogP contribution in [0.3, 0.4) is 0 Å². The van der Waals surface area contributed by atoms with Gasteiger partial charge in [-0.3, -0.25) is 0 Å². The number of benzene rings is 1. The Morgan fingerprint density at radius 3 is 2.25 bits per heavy atom. The van der Waals surface area contributed by atoms with E-state index >= 15 is 0 Å². The number of pyridine rings is 1. The van der Waals surface area contributed by atoms with Gasteiger partial charge in [-0.05, 0) is 44.5 Å². The highest BCUT2D eigenvalue weighted by atomic mass is 16.6. The molecule has 0 amide bonds. The number of aromatic nitrogens is 1. The van der Waals surface area contributed by atoms with Crippen LogP contribution in [0.15, 0.2) is 36.5 Å². The van der Waals surface area contributed by atoms with Crippen LogP contribution in [0.5, 0.6) is 0 Å². The molecular weight excluding hydrogens is 308 g/mol. The summed E-state index contributed by atoms with van der Waals surface area (Å²) < 4.78 is 5.31. The molecule has 0 unspecified atom stereocenters. The fourth-order valence-electron chi connectivity index (χ4n) is 2.12. The van der Waals surface area contributed by atoms with Crippen molar-refractivity contribution in [3.8, 4) is 11.1 Å². The molecule has 0 aliphatic carbocycles. The average Bonchev–Trinajstić information content (AvgIpc) is 2.52. The minimum Gasteiger partial charge on any atom is -0.478 e. The normalized spacial score (nSPS) is 11.0. The summed E-state index contributed by atoms with van der Waals surface area (Å²) in [5, 5.41) is 12.0. The lowest BCUT2D eigenvalue weighted by atomic mass is 10.0. The van der Waals surface area contributed by atoms with E-state index in [4.69, 9.17) is 4.74 Å². The molecule has 0 bridgehead atoms. The summed E-state index contributed by atoms with van der Waals surface area (Å²) in [6, 6.07) is 8.32. The highest BCUT2D eigenvalue weighted by Gasteiger charge is 2.18. The third kappa shape index (κ3) is 4.10. The molecule has 0 spiro atoms. The lowest BCUT2D eigenvalue weighted by Gasteiger charge is -2.19. The summed E-state index contributed by atoms with van der Waals surface area (Å²) in [7, 11) is 1.62. The number of esters is 1. The average molecular weight is 328 g/mol. The van der Waals surface area contributed by atoms with Gasteiger partial charge in [0.1, 0.15) is 17.0 Å². The Kier molecular flexibility index (Phi) is 4.87. The molecule has 2 N–H and O–H groups in total. The van der Waals surface area contributed by atoms with Crippen LogP contribution in [0.4, 0.5) is 5.82 Å². The molecule has 0 fully saturated rings. The van der Waals surface area contributed by atoms with E-state index in [1.807, 2.05) is 20.8 Å². The summed E-state index contributed by atoms with van der Waals surface area (Å²) in [5.74, 6) is -1.15. The lowest BCUT2D eigenvalue weighted by Crippen LogP contribution is -2.23. The smallest absolute Gasteiger partial charge is 0.339 e. The molecule has 0 saturated heterocycles. The molecule has 0 saturated carbocycles. The SMILES string of the molecule is CNc1ncc(-c2ccc(C(=O)OC(C)(C)C)cc2)cc1C(=O)O. The fraction of sp³-hybridized carbons (Fsp3) is 0.278. The largest absolute Gasteiger partial charge is 0.478 e. The van der Waals surface area contributed by atoms with Crippen LogP contribution in [-0.2, 0) is 4.74 Å². The van der Waals surface area contributed by atoms with Crippen molar-refractivity contribution in [2.45, 2.75) is 26.4 Å². The highest BCUT2D eigenvalue weighted by molar-refractivity contribution is 5.95. The molecule has 126 valence electrons. The number of ether oxygens (including phenoxy) is 1.